The molecule has 1 aliphatic rings. The normalized spacial score (nSPS) is 13.5. The second-order valence-corrected chi connectivity index (χ2v) is 8.55. The van der Waals surface area contributed by atoms with Gasteiger partial charge in [0.2, 0.25) is 0 Å². The van der Waals surface area contributed by atoms with Gasteiger partial charge in [0.25, 0.3) is 0 Å². The number of carbonyl (C=O) groups excluding carboxylic acids is 3. The number of Topliss-reactive ketones (excluding diaryl/α,β-unsaturated/α-hetero) is 1. The van der Waals surface area contributed by atoms with Crippen molar-refractivity contribution in [2.24, 2.45) is 0 Å². The number of carbonyl (C=O) groups is 3. The largest absolute Gasteiger partial charge is 0.382 e. The molecule has 1 unspecified atom stereocenters. The Morgan fingerprint density at radius 2 is 1.71 bits per heavy atom. The molecule has 0 fully saturated rings. The number of nitrogens with one attached hydrogen (secondary N) is 3. The first-order valence-corrected chi connectivity index (χ1v) is 10.7. The first-order valence-electron chi connectivity index (χ1n) is 8.55. The van der Waals surface area contributed by atoms with E-state index in [4.69, 9.17) is 0 Å². The number of rotatable bonds is 5. The highest BCUT2D eigenvalue weighted by molar-refractivity contribution is 8.14. The molecule has 2 aromatic carbocycles. The summed E-state index contributed by atoms with van der Waals surface area (Å²) in [5, 5.41) is 8.24. The zero-order valence-electron chi connectivity index (χ0n) is 15.1. The lowest BCUT2D eigenvalue weighted by molar-refractivity contribution is -0.109. The number of fused-ring (bicyclic) bond motifs is 1. The monoisotopic (exact) mass is 417 g/mol. The van der Waals surface area contributed by atoms with Crippen molar-refractivity contribution < 1.29 is 18.6 Å². The van der Waals surface area contributed by atoms with E-state index in [1.165, 1.54) is 6.92 Å². The van der Waals surface area contributed by atoms with Crippen LogP contribution in [0.3, 0.4) is 0 Å². The van der Waals surface area contributed by atoms with Crippen molar-refractivity contribution in [3.05, 3.63) is 48.0 Å². The van der Waals surface area contributed by atoms with Crippen LogP contribution in [-0.2, 0) is 15.6 Å². The van der Waals surface area contributed by atoms with Gasteiger partial charge >= 0.3 is 5.24 Å². The highest BCUT2D eigenvalue weighted by Gasteiger charge is 2.18. The fourth-order valence-corrected chi connectivity index (χ4v) is 3.94. The van der Waals surface area contributed by atoms with Crippen LogP contribution >= 0.6 is 11.8 Å². The number of hydrogen-bond donors (Lipinski definition) is 3. The molecule has 7 nitrogen and oxygen atoms in total. The van der Waals surface area contributed by atoms with Gasteiger partial charge in [0, 0.05) is 31.3 Å². The van der Waals surface area contributed by atoms with Crippen molar-refractivity contribution in [1.29, 1.82) is 0 Å². The molecular weight excluding hydrogens is 398 g/mol. The molecule has 1 atom stereocenters. The van der Waals surface area contributed by atoms with Crippen LogP contribution in [0.15, 0.2) is 47.4 Å². The zero-order valence-corrected chi connectivity index (χ0v) is 16.7. The van der Waals surface area contributed by atoms with Gasteiger partial charge in [-0.2, -0.15) is 0 Å². The lowest BCUT2D eigenvalue weighted by Crippen LogP contribution is -2.21. The standard InChI is InChI=1S/C19H19N3O4S2/c1-12(23)27-11-18(24)13-2-4-14(5-3-13)22-19(25)28(26)15-6-7-16-17(10-15)21-9-8-20-16/h2-7,10,20-21H,8-9,11H2,1H3,(H,22,25). The quantitative estimate of drug-likeness (QED) is 0.641. The van der Waals surface area contributed by atoms with E-state index < -0.39 is 16.0 Å². The Morgan fingerprint density at radius 1 is 1.04 bits per heavy atom. The van der Waals surface area contributed by atoms with Crippen molar-refractivity contribution in [3.8, 4) is 0 Å². The molecule has 1 amide bonds. The molecule has 3 rings (SSSR count). The summed E-state index contributed by atoms with van der Waals surface area (Å²) in [7, 11) is -1.87. The van der Waals surface area contributed by atoms with Crippen LogP contribution in [0, 0.1) is 0 Å². The third kappa shape index (κ3) is 4.99. The predicted molar refractivity (Wildman–Crippen MR) is 113 cm³/mol. The second-order valence-electron chi connectivity index (χ2n) is 6.02. The van der Waals surface area contributed by atoms with E-state index in [0.717, 1.165) is 36.2 Å². The molecule has 146 valence electrons. The molecule has 3 N–H and O–H groups in total. The SMILES string of the molecule is CC(=O)SCC(=O)c1ccc(NC(=O)S(=O)c2ccc3c(c2)NCCN3)cc1. The molecule has 28 heavy (non-hydrogen) atoms. The van der Waals surface area contributed by atoms with E-state index >= 15 is 0 Å². The average molecular weight is 418 g/mol. The van der Waals surface area contributed by atoms with Gasteiger partial charge in [0.1, 0.15) is 10.8 Å². The maximum absolute atomic E-state index is 12.5. The van der Waals surface area contributed by atoms with Crippen LogP contribution in [0.4, 0.5) is 21.9 Å². The lowest BCUT2D eigenvalue weighted by atomic mass is 10.1. The highest BCUT2D eigenvalue weighted by atomic mass is 32.2. The molecular formula is C19H19N3O4S2. The minimum Gasteiger partial charge on any atom is -0.382 e. The van der Waals surface area contributed by atoms with Crippen molar-refractivity contribution in [3.63, 3.8) is 0 Å². The summed E-state index contributed by atoms with van der Waals surface area (Å²) in [5.74, 6) is -0.0939. The zero-order chi connectivity index (χ0) is 20.1. The topological polar surface area (TPSA) is 104 Å². The number of benzene rings is 2. The first kappa shape index (κ1) is 20.1. The molecule has 1 heterocycles. The van der Waals surface area contributed by atoms with Crippen LogP contribution in [-0.4, -0.2) is 39.2 Å². The van der Waals surface area contributed by atoms with Crippen molar-refractivity contribution in [1.82, 2.24) is 0 Å². The highest BCUT2D eigenvalue weighted by Crippen LogP contribution is 2.27. The maximum Gasteiger partial charge on any atom is 0.318 e. The molecule has 1 aliphatic heterocycles. The Bertz CT molecular complexity index is 945. The van der Waals surface area contributed by atoms with Gasteiger partial charge in [-0.15, -0.1) is 0 Å². The molecule has 0 saturated heterocycles. The van der Waals surface area contributed by atoms with Gasteiger partial charge in [0.05, 0.1) is 22.0 Å². The van der Waals surface area contributed by atoms with Crippen molar-refractivity contribution in [2.75, 3.05) is 34.8 Å². The van der Waals surface area contributed by atoms with E-state index in [0.29, 0.717) is 16.1 Å². The second kappa shape index (κ2) is 9.03. The minimum absolute atomic E-state index is 0.0757. The lowest BCUT2D eigenvalue weighted by Gasteiger charge is -2.20. The van der Waals surface area contributed by atoms with Gasteiger partial charge < -0.3 is 16.0 Å². The Hall–Kier alpha value is -2.65. The molecule has 0 aromatic heterocycles. The molecule has 0 radical (unpaired) electrons. The Balaban J connectivity index is 1.63. The number of anilines is 3. The van der Waals surface area contributed by atoms with Gasteiger partial charge in [0.15, 0.2) is 10.9 Å². The molecule has 2 aromatic rings. The summed E-state index contributed by atoms with van der Waals surface area (Å²) < 4.78 is 12.5. The smallest absolute Gasteiger partial charge is 0.318 e. The number of amides is 1. The first-order chi connectivity index (χ1) is 13.4. The molecule has 0 spiro atoms. The minimum atomic E-state index is -1.87. The van der Waals surface area contributed by atoms with E-state index in [1.54, 1.807) is 42.5 Å². The molecule has 0 saturated carbocycles. The third-order valence-corrected chi connectivity index (χ3v) is 5.92. The van der Waals surface area contributed by atoms with Gasteiger partial charge in [-0.05, 0) is 42.5 Å². The van der Waals surface area contributed by atoms with Gasteiger partial charge in [-0.1, -0.05) is 11.8 Å². The predicted octanol–water partition coefficient (Wildman–Crippen LogP) is 3.33. The molecule has 0 bridgehead atoms. The van der Waals surface area contributed by atoms with Crippen LogP contribution in [0.5, 0.6) is 0 Å². The van der Waals surface area contributed by atoms with Crippen molar-refractivity contribution >= 4 is 55.8 Å². The third-order valence-electron chi connectivity index (χ3n) is 3.99. The van der Waals surface area contributed by atoms with E-state index in [2.05, 4.69) is 16.0 Å². The van der Waals surface area contributed by atoms with Crippen LogP contribution in [0.25, 0.3) is 0 Å². The van der Waals surface area contributed by atoms with Crippen LogP contribution in [0.2, 0.25) is 0 Å². The summed E-state index contributed by atoms with van der Waals surface area (Å²) in [6.45, 7) is 2.97. The number of thioether (sulfide) groups is 1. The number of ketones is 1. The van der Waals surface area contributed by atoms with E-state index in [9.17, 15) is 18.6 Å². The average Bonchev–Trinajstić information content (AvgIpc) is 2.71. The van der Waals surface area contributed by atoms with Crippen LogP contribution in [0.1, 0.15) is 17.3 Å². The summed E-state index contributed by atoms with van der Waals surface area (Å²) in [4.78, 5) is 35.6. The van der Waals surface area contributed by atoms with Gasteiger partial charge in [-0.3, -0.25) is 14.4 Å². The summed E-state index contributed by atoms with van der Waals surface area (Å²) in [5.41, 5.74) is 2.61. The van der Waals surface area contributed by atoms with E-state index in [-0.39, 0.29) is 16.7 Å². The fourth-order valence-electron chi connectivity index (χ4n) is 2.59. The fraction of sp³-hybridized carbons (Fsp3) is 0.211. The Morgan fingerprint density at radius 3 is 2.39 bits per heavy atom. The summed E-state index contributed by atoms with van der Waals surface area (Å²) in [6, 6.07) is 11.4. The Labute approximate surface area is 169 Å². The molecule has 9 heteroatoms. The van der Waals surface area contributed by atoms with Gasteiger partial charge in [-0.25, -0.2) is 4.21 Å². The Kier molecular flexibility index (Phi) is 6.48. The van der Waals surface area contributed by atoms with Crippen LogP contribution < -0.4 is 16.0 Å². The van der Waals surface area contributed by atoms with Crippen molar-refractivity contribution in [2.45, 2.75) is 11.8 Å². The maximum atomic E-state index is 12.5. The molecule has 0 aliphatic carbocycles. The summed E-state index contributed by atoms with van der Waals surface area (Å²) >= 11 is 0.952. The number of hydrogen-bond acceptors (Lipinski definition) is 7. The summed E-state index contributed by atoms with van der Waals surface area (Å²) in [6.07, 6.45) is 0. The van der Waals surface area contributed by atoms with E-state index in [1.807, 2.05) is 0 Å².